The van der Waals surface area contributed by atoms with E-state index in [1.165, 1.54) is 11.9 Å². The number of carbonyl (C=O) groups is 2. The van der Waals surface area contributed by atoms with Crippen LogP contribution in [0.25, 0.3) is 0 Å². The van der Waals surface area contributed by atoms with Gasteiger partial charge in [-0.25, -0.2) is 9.37 Å². The van der Waals surface area contributed by atoms with Crippen LogP contribution < -0.4 is 5.43 Å². The van der Waals surface area contributed by atoms with Crippen molar-refractivity contribution in [3.05, 3.63) is 34.3 Å². The Morgan fingerprint density at radius 1 is 1.30 bits per heavy atom. The van der Waals surface area contributed by atoms with Crippen LogP contribution in [0.2, 0.25) is 0 Å². The van der Waals surface area contributed by atoms with Crippen molar-refractivity contribution < 1.29 is 18.9 Å². The number of rotatable bonds is 5. The molecule has 0 spiro atoms. The van der Waals surface area contributed by atoms with Crippen LogP contribution in [0.15, 0.2) is 38.8 Å². The molecule has 1 aromatic rings. The maximum atomic E-state index is 12.6. The highest BCUT2D eigenvalue weighted by atomic mass is 79.9. The molecule has 0 aromatic heterocycles. The number of amides is 3. The fourth-order valence-corrected chi connectivity index (χ4v) is 3.09. The zero-order valence-corrected chi connectivity index (χ0v) is 16.8. The second kappa shape index (κ2) is 7.97. The van der Waals surface area contributed by atoms with Crippen LogP contribution in [0.3, 0.4) is 0 Å². The van der Waals surface area contributed by atoms with Gasteiger partial charge >= 0.3 is 12.0 Å². The van der Waals surface area contributed by atoms with Crippen LogP contribution in [-0.4, -0.2) is 84.7 Å². The molecule has 2 aliphatic heterocycles. The van der Waals surface area contributed by atoms with Gasteiger partial charge in [-0.1, -0.05) is 33.1 Å². The summed E-state index contributed by atoms with van der Waals surface area (Å²) in [7, 11) is 4.64. The smallest absolute Gasteiger partial charge is 0.381 e. The van der Waals surface area contributed by atoms with E-state index >= 15 is 0 Å². The highest BCUT2D eigenvalue weighted by Gasteiger charge is 2.51. The van der Waals surface area contributed by atoms with E-state index in [1.807, 2.05) is 24.3 Å². The number of hydrazone groups is 1. The van der Waals surface area contributed by atoms with Gasteiger partial charge in [0.25, 0.3) is 5.91 Å². The summed E-state index contributed by atoms with van der Waals surface area (Å²) in [6.07, 6.45) is 1.65. The van der Waals surface area contributed by atoms with Crippen LogP contribution in [0, 0.1) is 0 Å². The van der Waals surface area contributed by atoms with Gasteiger partial charge in [0, 0.05) is 25.7 Å². The highest BCUT2D eigenvalue weighted by molar-refractivity contribution is 9.10. The average Bonchev–Trinajstić information content (AvgIpc) is 3.03. The van der Waals surface area contributed by atoms with E-state index in [4.69, 9.17) is 4.74 Å². The van der Waals surface area contributed by atoms with Crippen molar-refractivity contribution >= 4 is 45.9 Å². The van der Waals surface area contributed by atoms with E-state index in [-0.39, 0.29) is 5.91 Å². The number of imide groups is 1. The SMILES string of the molecule is COCC[N+]1=C(N/N=C/c2ccc(Br)cc2)N=C2C1C(=O)N(C)C(=O)N2C. The number of fused-ring (bicyclic) bond motifs is 1. The van der Waals surface area contributed by atoms with Crippen molar-refractivity contribution in [3.63, 3.8) is 0 Å². The molecule has 10 heteroatoms. The largest absolute Gasteiger partial charge is 0.414 e. The summed E-state index contributed by atoms with van der Waals surface area (Å²) in [4.78, 5) is 31.7. The topological polar surface area (TPSA) is 89.6 Å². The summed E-state index contributed by atoms with van der Waals surface area (Å²) in [6.45, 7) is 0.821. The van der Waals surface area contributed by atoms with Gasteiger partial charge < -0.3 is 4.74 Å². The van der Waals surface area contributed by atoms with E-state index in [2.05, 4.69) is 31.4 Å². The lowest BCUT2D eigenvalue weighted by molar-refractivity contribution is -0.539. The molecule has 1 aromatic carbocycles. The fraction of sp³-hybridized carbons (Fsp3) is 0.353. The van der Waals surface area contributed by atoms with Crippen molar-refractivity contribution in [3.8, 4) is 0 Å². The van der Waals surface area contributed by atoms with Gasteiger partial charge in [-0.3, -0.25) is 14.6 Å². The van der Waals surface area contributed by atoms with Gasteiger partial charge in [0.05, 0.1) is 19.4 Å². The third kappa shape index (κ3) is 3.76. The first-order chi connectivity index (χ1) is 12.9. The van der Waals surface area contributed by atoms with E-state index in [0.29, 0.717) is 24.9 Å². The summed E-state index contributed by atoms with van der Waals surface area (Å²) in [5, 5.41) is 4.21. The number of hydrogen-bond acceptors (Lipinski definition) is 6. The van der Waals surface area contributed by atoms with Gasteiger partial charge in [-0.05, 0) is 17.7 Å². The maximum Gasteiger partial charge on any atom is 0.414 e. The lowest BCUT2D eigenvalue weighted by atomic mass is 10.1. The van der Waals surface area contributed by atoms with Crippen molar-refractivity contribution in [2.75, 3.05) is 34.4 Å². The molecule has 1 unspecified atom stereocenters. The van der Waals surface area contributed by atoms with Crippen molar-refractivity contribution in [1.82, 2.24) is 15.2 Å². The second-order valence-electron chi connectivity index (χ2n) is 6.04. The number of nitrogens with one attached hydrogen (secondary N) is 1. The Bertz CT molecular complexity index is 849. The first-order valence-corrected chi connectivity index (χ1v) is 9.04. The number of aliphatic imine (C=N–C) groups is 1. The Morgan fingerprint density at radius 2 is 2.00 bits per heavy atom. The number of guanidine groups is 1. The Kier molecular flexibility index (Phi) is 5.66. The molecule has 27 heavy (non-hydrogen) atoms. The quantitative estimate of drug-likeness (QED) is 0.418. The molecule has 1 N–H and O–H groups in total. The Morgan fingerprint density at radius 3 is 2.67 bits per heavy atom. The van der Waals surface area contributed by atoms with E-state index in [9.17, 15) is 9.59 Å². The number of likely N-dealkylation sites (N-methyl/N-ethyl adjacent to an activating group) is 2. The zero-order chi connectivity index (χ0) is 19.6. The fourth-order valence-electron chi connectivity index (χ4n) is 2.83. The Balaban J connectivity index is 1.87. The summed E-state index contributed by atoms with van der Waals surface area (Å²) in [6, 6.07) is 6.55. The van der Waals surface area contributed by atoms with Gasteiger partial charge in [0.1, 0.15) is 0 Å². The highest BCUT2D eigenvalue weighted by Crippen LogP contribution is 2.18. The molecule has 2 heterocycles. The minimum absolute atomic E-state index is 0.332. The monoisotopic (exact) mass is 435 g/mol. The predicted molar refractivity (Wildman–Crippen MR) is 104 cm³/mol. The second-order valence-corrected chi connectivity index (χ2v) is 6.96. The number of carbonyl (C=O) groups excluding carboxylic acids is 2. The zero-order valence-electron chi connectivity index (χ0n) is 15.2. The third-order valence-electron chi connectivity index (χ3n) is 4.32. The Hall–Kier alpha value is -2.59. The molecule has 1 atom stereocenters. The lowest BCUT2D eigenvalue weighted by Gasteiger charge is -2.31. The summed E-state index contributed by atoms with van der Waals surface area (Å²) in [5.74, 6) is 0.436. The minimum atomic E-state index is -0.682. The number of nitrogens with zero attached hydrogens (tertiary/aromatic N) is 5. The number of urea groups is 1. The normalized spacial score (nSPS) is 19.9. The molecule has 1 saturated heterocycles. The molecule has 0 saturated carbocycles. The molecule has 3 amide bonds. The molecule has 1 fully saturated rings. The van der Waals surface area contributed by atoms with Crippen LogP contribution >= 0.6 is 15.9 Å². The van der Waals surface area contributed by atoms with Gasteiger partial charge in [-0.2, -0.15) is 5.43 Å². The average molecular weight is 436 g/mol. The lowest BCUT2D eigenvalue weighted by Crippen LogP contribution is -2.61. The van der Waals surface area contributed by atoms with E-state index < -0.39 is 12.1 Å². The van der Waals surface area contributed by atoms with E-state index in [1.54, 1.807) is 24.9 Å². The molecule has 142 valence electrons. The number of methoxy groups -OCH3 is 1. The number of benzene rings is 1. The van der Waals surface area contributed by atoms with Crippen LogP contribution in [0.5, 0.6) is 0 Å². The van der Waals surface area contributed by atoms with Crippen molar-refractivity contribution in [2.45, 2.75) is 6.04 Å². The number of amidine groups is 1. The van der Waals surface area contributed by atoms with Gasteiger partial charge in [0.15, 0.2) is 0 Å². The maximum absolute atomic E-state index is 12.6. The van der Waals surface area contributed by atoms with Gasteiger partial charge in [-0.15, -0.1) is 5.10 Å². The molecular weight excluding hydrogens is 416 g/mol. The van der Waals surface area contributed by atoms with Crippen LogP contribution in [-0.2, 0) is 9.53 Å². The number of hydrogen-bond donors (Lipinski definition) is 1. The number of ether oxygens (including phenoxy) is 1. The first kappa shape index (κ1) is 19.2. The standard InChI is InChI=1S/C17H19BrN6O3/c1-22-14-13(15(25)23(2)17(22)26)24(8-9-27-3)16(20-14)21-19-10-11-4-6-12(18)7-5-11/h4-7,10,13H,8-9H2,1-3H3/p+1/b19-10+. The molecule has 3 rings (SSSR count). The summed E-state index contributed by atoms with van der Waals surface area (Å²) < 4.78 is 7.88. The molecule has 0 radical (unpaired) electrons. The molecule has 9 nitrogen and oxygen atoms in total. The van der Waals surface area contributed by atoms with E-state index in [0.717, 1.165) is 14.9 Å². The molecule has 2 aliphatic rings. The van der Waals surface area contributed by atoms with Crippen LogP contribution in [0.1, 0.15) is 5.56 Å². The first-order valence-electron chi connectivity index (χ1n) is 8.25. The molecular formula is C17H20BrN6O3+. The minimum Gasteiger partial charge on any atom is -0.381 e. The number of halogens is 1. The molecule has 0 aliphatic carbocycles. The summed E-state index contributed by atoms with van der Waals surface area (Å²) >= 11 is 3.39. The Labute approximate surface area is 165 Å². The van der Waals surface area contributed by atoms with Crippen molar-refractivity contribution in [1.29, 1.82) is 0 Å². The predicted octanol–water partition coefficient (Wildman–Crippen LogP) is 0.692. The molecule has 0 bridgehead atoms. The van der Waals surface area contributed by atoms with Gasteiger partial charge in [0.2, 0.25) is 11.9 Å². The van der Waals surface area contributed by atoms with Crippen molar-refractivity contribution in [2.24, 2.45) is 10.1 Å². The van der Waals surface area contributed by atoms with Crippen LogP contribution in [0.4, 0.5) is 4.79 Å². The third-order valence-corrected chi connectivity index (χ3v) is 4.84. The summed E-state index contributed by atoms with van der Waals surface area (Å²) in [5.41, 5.74) is 3.78.